The molecule has 5 rings (SSSR count). The van der Waals surface area contributed by atoms with Gasteiger partial charge in [-0.3, -0.25) is 4.72 Å². The molecule has 1 aliphatic rings. The van der Waals surface area contributed by atoms with E-state index in [1.165, 1.54) is 42.2 Å². The number of fused-ring (bicyclic) bond motifs is 1. The lowest BCUT2D eigenvalue weighted by Crippen LogP contribution is -2.36. The number of benzene rings is 2. The number of hydrogen-bond donors (Lipinski definition) is 3. The second-order valence-corrected chi connectivity index (χ2v) is 12.8. The number of aromatic nitrogens is 2. The van der Waals surface area contributed by atoms with Gasteiger partial charge in [-0.25, -0.2) is 8.42 Å². The summed E-state index contributed by atoms with van der Waals surface area (Å²) in [5, 5.41) is 10.9. The van der Waals surface area contributed by atoms with Gasteiger partial charge in [-0.15, -0.1) is 0 Å². The van der Waals surface area contributed by atoms with E-state index in [1.54, 1.807) is 18.2 Å². The van der Waals surface area contributed by atoms with E-state index < -0.39 is 22.7 Å². The lowest BCUT2D eigenvalue weighted by molar-refractivity contribution is -0.140. The maximum absolute atomic E-state index is 13.6. The predicted molar refractivity (Wildman–Crippen MR) is 167 cm³/mol. The number of rotatable bonds is 10. The molecule has 0 spiro atoms. The molecule has 0 atom stereocenters. The minimum Gasteiger partial charge on any atom is -0.495 e. The van der Waals surface area contributed by atoms with Crippen LogP contribution < -0.4 is 20.1 Å². The van der Waals surface area contributed by atoms with Crippen molar-refractivity contribution in [1.29, 1.82) is 0 Å². The number of sulfonamides is 1. The van der Waals surface area contributed by atoms with Crippen molar-refractivity contribution in [2.45, 2.75) is 55.4 Å². The van der Waals surface area contributed by atoms with Gasteiger partial charge in [-0.1, -0.05) is 17.1 Å². The number of methoxy groups -OCH3 is 1. The molecule has 2 aromatic heterocycles. The number of hydrogen-bond acceptors (Lipinski definition) is 8. The van der Waals surface area contributed by atoms with Crippen molar-refractivity contribution < 1.29 is 30.8 Å². The van der Waals surface area contributed by atoms with Crippen molar-refractivity contribution in [2.75, 3.05) is 43.1 Å². The molecule has 0 amide bonds. The highest BCUT2D eigenvalue weighted by Gasteiger charge is 2.30. The molecule has 0 unspecified atom stereocenters. The first-order valence-electron chi connectivity index (χ1n) is 14.4. The zero-order valence-corrected chi connectivity index (χ0v) is 25.9. The van der Waals surface area contributed by atoms with Crippen molar-refractivity contribution >= 4 is 38.1 Å². The fraction of sp³-hybridized carbons (Fsp3) is 0.387. The van der Waals surface area contributed by atoms with Crippen LogP contribution in [0.1, 0.15) is 31.4 Å². The molecule has 4 aromatic rings. The summed E-state index contributed by atoms with van der Waals surface area (Å²) < 4.78 is 79.8. The van der Waals surface area contributed by atoms with Gasteiger partial charge in [0.25, 0.3) is 10.0 Å². The molecule has 1 fully saturated rings. The Labute approximate surface area is 259 Å². The maximum atomic E-state index is 13.6. The molecule has 3 N–H and O–H groups in total. The topological polar surface area (TPSA) is 114 Å². The van der Waals surface area contributed by atoms with Gasteiger partial charge in [0.1, 0.15) is 18.6 Å². The highest BCUT2D eigenvalue weighted by atomic mass is 32.2. The average Bonchev–Trinajstić information content (AvgIpc) is 3.62. The van der Waals surface area contributed by atoms with Gasteiger partial charge < -0.3 is 29.4 Å². The van der Waals surface area contributed by atoms with Crippen LogP contribution in [0, 0.1) is 11.8 Å². The average molecular weight is 645 g/mol. The van der Waals surface area contributed by atoms with Gasteiger partial charge >= 0.3 is 6.18 Å². The first-order chi connectivity index (χ1) is 21.4. The molecule has 45 heavy (non-hydrogen) atoms. The van der Waals surface area contributed by atoms with Gasteiger partial charge in [0.15, 0.2) is 5.82 Å². The molecular weight excluding hydrogens is 609 g/mol. The number of nitrogens with zero attached hydrogens (tertiary/aromatic N) is 3. The van der Waals surface area contributed by atoms with E-state index in [0.717, 1.165) is 31.4 Å². The van der Waals surface area contributed by atoms with Gasteiger partial charge in [0, 0.05) is 35.3 Å². The van der Waals surface area contributed by atoms with Crippen LogP contribution in [0.2, 0.25) is 0 Å². The lowest BCUT2D eigenvalue weighted by atomic mass is 9.90. The maximum Gasteiger partial charge on any atom is 0.406 e. The summed E-state index contributed by atoms with van der Waals surface area (Å²) in [6.45, 7) is -1.11. The molecule has 10 nitrogen and oxygen atoms in total. The minimum absolute atomic E-state index is 0.0319. The summed E-state index contributed by atoms with van der Waals surface area (Å²) in [5.74, 6) is 6.07. The summed E-state index contributed by atoms with van der Waals surface area (Å²) in [4.78, 5) is 2.18. The van der Waals surface area contributed by atoms with Crippen LogP contribution in [-0.2, 0) is 16.6 Å². The van der Waals surface area contributed by atoms with Crippen LogP contribution in [0.25, 0.3) is 10.9 Å². The van der Waals surface area contributed by atoms with E-state index in [0.29, 0.717) is 22.6 Å². The SMILES string of the molecule is COc1cc(S(=O)(=O)Nc2ccon2)ccc1NCC#Cc1cc2c(N[C@H]3CC[C@H](N(C)C)CC3)cccc2n1CC(F)(F)F. The van der Waals surface area contributed by atoms with Crippen LogP contribution in [0.5, 0.6) is 5.75 Å². The molecule has 2 heterocycles. The van der Waals surface area contributed by atoms with E-state index in [-0.39, 0.29) is 34.7 Å². The standard InChI is InChI=1S/C31H35F3N6O4S/c1-39(2)22-11-9-21(10-12-22)36-26-7-4-8-28-25(26)18-23(40(28)20-31(32,33)34)6-5-16-35-27-14-13-24(19-29(27)43-3)45(41,42)38-30-15-17-44-37-30/h4,7-8,13-15,17-19,21-22,35-36H,9-12,16,20H2,1-3H3,(H,37,38)/t21-,22-. The minimum atomic E-state index is -4.44. The molecule has 1 aliphatic carbocycles. The molecular formula is C31H35F3N6O4S. The van der Waals surface area contributed by atoms with E-state index >= 15 is 0 Å². The molecule has 240 valence electrons. The van der Waals surface area contributed by atoms with Crippen molar-refractivity contribution in [3.05, 3.63) is 60.5 Å². The smallest absolute Gasteiger partial charge is 0.406 e. The Hall–Kier alpha value is -4.35. The van der Waals surface area contributed by atoms with E-state index in [2.05, 4.69) is 55.9 Å². The highest BCUT2D eigenvalue weighted by Crippen LogP contribution is 2.33. The number of alkyl halides is 3. The first kappa shape index (κ1) is 32.1. The molecule has 14 heteroatoms. The summed E-state index contributed by atoms with van der Waals surface area (Å²) in [7, 11) is 1.60. The summed E-state index contributed by atoms with van der Waals surface area (Å²) in [5.41, 5.74) is 1.94. The second-order valence-electron chi connectivity index (χ2n) is 11.1. The van der Waals surface area contributed by atoms with Gasteiger partial charge in [-0.05, 0) is 76.0 Å². The third-order valence-electron chi connectivity index (χ3n) is 7.81. The van der Waals surface area contributed by atoms with Crippen LogP contribution >= 0.6 is 0 Å². The van der Waals surface area contributed by atoms with Crippen LogP contribution in [0.15, 0.2) is 64.2 Å². The predicted octanol–water partition coefficient (Wildman–Crippen LogP) is 5.75. The molecule has 1 saturated carbocycles. The molecule has 2 aromatic carbocycles. The zero-order valence-electron chi connectivity index (χ0n) is 25.1. The molecule has 0 saturated heterocycles. The fourth-order valence-corrected chi connectivity index (χ4v) is 6.55. The van der Waals surface area contributed by atoms with Crippen molar-refractivity contribution in [1.82, 2.24) is 14.6 Å². The Morgan fingerprint density at radius 3 is 2.53 bits per heavy atom. The third-order valence-corrected chi connectivity index (χ3v) is 9.17. The Balaban J connectivity index is 1.34. The Morgan fingerprint density at radius 1 is 1.09 bits per heavy atom. The monoisotopic (exact) mass is 644 g/mol. The fourth-order valence-electron chi connectivity index (χ4n) is 5.54. The van der Waals surface area contributed by atoms with Crippen molar-refractivity contribution in [3.63, 3.8) is 0 Å². The Bertz CT molecular complexity index is 1790. The van der Waals surface area contributed by atoms with Gasteiger partial charge in [0.05, 0.1) is 35.4 Å². The number of anilines is 3. The molecule has 0 radical (unpaired) electrons. The van der Waals surface area contributed by atoms with E-state index in [4.69, 9.17) is 4.74 Å². The summed E-state index contributed by atoms with van der Waals surface area (Å²) in [6.07, 6.45) is 0.880. The van der Waals surface area contributed by atoms with Gasteiger partial charge in [0.2, 0.25) is 0 Å². The quantitative estimate of drug-likeness (QED) is 0.187. The number of halogens is 3. The first-order valence-corrected chi connectivity index (χ1v) is 15.9. The highest BCUT2D eigenvalue weighted by molar-refractivity contribution is 7.92. The second kappa shape index (κ2) is 13.3. The molecule has 0 aliphatic heterocycles. The van der Waals surface area contributed by atoms with Crippen LogP contribution in [-0.4, -0.2) is 69.1 Å². The van der Waals surface area contributed by atoms with E-state index in [1.807, 2.05) is 6.07 Å². The van der Waals surface area contributed by atoms with Crippen molar-refractivity contribution in [3.8, 4) is 17.6 Å². The van der Waals surface area contributed by atoms with E-state index in [9.17, 15) is 21.6 Å². The third kappa shape index (κ3) is 7.84. The van der Waals surface area contributed by atoms with Crippen molar-refractivity contribution in [2.24, 2.45) is 0 Å². The molecule has 0 bridgehead atoms. The Kier molecular flexibility index (Phi) is 9.50. The zero-order chi connectivity index (χ0) is 32.2. The largest absolute Gasteiger partial charge is 0.495 e. The van der Waals surface area contributed by atoms with Crippen LogP contribution in [0.4, 0.5) is 30.4 Å². The lowest BCUT2D eigenvalue weighted by Gasteiger charge is -2.33. The van der Waals surface area contributed by atoms with Gasteiger partial charge in [-0.2, -0.15) is 13.2 Å². The Morgan fingerprint density at radius 2 is 1.87 bits per heavy atom. The normalized spacial score (nSPS) is 17.1. The number of ether oxygens (including phenoxy) is 1. The summed E-state index contributed by atoms with van der Waals surface area (Å²) in [6, 6.07) is 13.4. The summed E-state index contributed by atoms with van der Waals surface area (Å²) >= 11 is 0. The van der Waals surface area contributed by atoms with Crippen LogP contribution in [0.3, 0.4) is 0 Å². The number of nitrogens with one attached hydrogen (secondary N) is 3.